The Balaban J connectivity index is 3.00. The van der Waals surface area contributed by atoms with Gasteiger partial charge in [-0.3, -0.25) is 9.59 Å². The fraction of sp³-hybridized carbons (Fsp3) is 0.111. The van der Waals surface area contributed by atoms with Crippen molar-refractivity contribution >= 4 is 17.4 Å². The highest BCUT2D eigenvalue weighted by Crippen LogP contribution is 2.19. The number of hydrogen-bond acceptors (Lipinski definition) is 4. The number of carbonyl (C=O) groups excluding carboxylic acids is 1. The molecule has 1 aromatic rings. The van der Waals surface area contributed by atoms with E-state index in [4.69, 9.17) is 15.9 Å². The first kappa shape index (κ1) is 10.0. The van der Waals surface area contributed by atoms with Gasteiger partial charge in [0.15, 0.2) is 5.78 Å². The van der Waals surface area contributed by atoms with Crippen molar-refractivity contribution in [2.45, 2.75) is 6.42 Å². The van der Waals surface area contributed by atoms with E-state index in [9.17, 15) is 9.59 Å². The summed E-state index contributed by atoms with van der Waals surface area (Å²) in [6.07, 6.45) is -0.631. The SMILES string of the molecule is Nc1ccc(O)cc1C(=O)CC(=O)O. The molecule has 0 heterocycles. The first-order chi connectivity index (χ1) is 6.50. The molecule has 0 bridgehead atoms. The van der Waals surface area contributed by atoms with E-state index in [0.717, 1.165) is 6.07 Å². The average molecular weight is 195 g/mol. The number of nitrogens with two attached hydrogens (primary N) is 1. The molecule has 0 amide bonds. The zero-order chi connectivity index (χ0) is 10.7. The topological polar surface area (TPSA) is 101 Å². The van der Waals surface area contributed by atoms with Gasteiger partial charge < -0.3 is 15.9 Å². The third-order valence-corrected chi connectivity index (χ3v) is 1.65. The van der Waals surface area contributed by atoms with Crippen LogP contribution in [0.4, 0.5) is 5.69 Å². The quantitative estimate of drug-likeness (QED) is 0.284. The molecule has 1 aromatic carbocycles. The summed E-state index contributed by atoms with van der Waals surface area (Å²) in [6, 6.07) is 3.83. The number of anilines is 1. The van der Waals surface area contributed by atoms with Gasteiger partial charge in [-0.25, -0.2) is 0 Å². The van der Waals surface area contributed by atoms with Crippen LogP contribution in [0.3, 0.4) is 0 Å². The summed E-state index contributed by atoms with van der Waals surface area (Å²) >= 11 is 0. The third kappa shape index (κ3) is 2.22. The van der Waals surface area contributed by atoms with Crippen LogP contribution in [0.2, 0.25) is 0 Å². The maximum absolute atomic E-state index is 11.3. The van der Waals surface area contributed by atoms with E-state index >= 15 is 0 Å². The van der Waals surface area contributed by atoms with Gasteiger partial charge in [0, 0.05) is 11.3 Å². The molecular formula is C9H9NO4. The minimum Gasteiger partial charge on any atom is -0.508 e. The number of Topliss-reactive ketones (excluding diaryl/α,β-unsaturated/α-hetero) is 1. The predicted molar refractivity (Wildman–Crippen MR) is 49.1 cm³/mol. The lowest BCUT2D eigenvalue weighted by molar-refractivity contribution is -0.135. The molecule has 0 aromatic heterocycles. The number of carboxylic acids is 1. The largest absolute Gasteiger partial charge is 0.508 e. The van der Waals surface area contributed by atoms with E-state index in [1.807, 2.05) is 0 Å². The number of carbonyl (C=O) groups is 2. The molecule has 0 aliphatic carbocycles. The fourth-order valence-electron chi connectivity index (χ4n) is 1.02. The molecule has 0 aliphatic heterocycles. The fourth-order valence-corrected chi connectivity index (χ4v) is 1.02. The Labute approximate surface area is 79.8 Å². The molecule has 0 saturated carbocycles. The van der Waals surface area contributed by atoms with Gasteiger partial charge in [-0.15, -0.1) is 0 Å². The number of carboxylic acid groups (broad SMARTS) is 1. The molecule has 0 aliphatic rings. The molecule has 0 saturated heterocycles. The normalized spacial score (nSPS) is 9.71. The maximum Gasteiger partial charge on any atom is 0.311 e. The second kappa shape index (κ2) is 3.78. The summed E-state index contributed by atoms with van der Waals surface area (Å²) in [5.41, 5.74) is 5.64. The van der Waals surface area contributed by atoms with Crippen LogP contribution in [0.1, 0.15) is 16.8 Å². The van der Waals surface area contributed by atoms with Gasteiger partial charge in [0.2, 0.25) is 0 Å². The second-order valence-corrected chi connectivity index (χ2v) is 2.77. The summed E-state index contributed by atoms with van der Waals surface area (Å²) in [7, 11) is 0. The van der Waals surface area contributed by atoms with Gasteiger partial charge in [-0.05, 0) is 18.2 Å². The summed E-state index contributed by atoms with van der Waals surface area (Å²) in [6.45, 7) is 0. The summed E-state index contributed by atoms with van der Waals surface area (Å²) in [5.74, 6) is -1.96. The third-order valence-electron chi connectivity index (χ3n) is 1.65. The van der Waals surface area contributed by atoms with Crippen LogP contribution in [0.25, 0.3) is 0 Å². The summed E-state index contributed by atoms with van der Waals surface area (Å²) in [4.78, 5) is 21.5. The van der Waals surface area contributed by atoms with Gasteiger partial charge in [0.05, 0.1) is 0 Å². The van der Waals surface area contributed by atoms with Crippen LogP contribution >= 0.6 is 0 Å². The number of aromatic hydroxyl groups is 1. The van der Waals surface area contributed by atoms with E-state index < -0.39 is 18.2 Å². The Bertz CT molecular complexity index is 386. The second-order valence-electron chi connectivity index (χ2n) is 2.77. The van der Waals surface area contributed by atoms with Gasteiger partial charge >= 0.3 is 5.97 Å². The van der Waals surface area contributed by atoms with Crippen LogP contribution < -0.4 is 5.73 Å². The number of hydrogen-bond donors (Lipinski definition) is 3. The van der Waals surface area contributed by atoms with E-state index in [-0.39, 0.29) is 17.0 Å². The van der Waals surface area contributed by atoms with E-state index in [2.05, 4.69) is 0 Å². The molecule has 14 heavy (non-hydrogen) atoms. The Morgan fingerprint density at radius 1 is 1.36 bits per heavy atom. The smallest absolute Gasteiger partial charge is 0.311 e. The van der Waals surface area contributed by atoms with Crippen LogP contribution in [0.5, 0.6) is 5.75 Å². The number of benzene rings is 1. The maximum atomic E-state index is 11.3. The number of phenols is 1. The number of nitrogen functional groups attached to an aromatic ring is 1. The monoisotopic (exact) mass is 195 g/mol. The van der Waals surface area contributed by atoms with Crippen LogP contribution in [-0.2, 0) is 4.79 Å². The predicted octanol–water partition coefficient (Wildman–Crippen LogP) is 0.632. The van der Waals surface area contributed by atoms with Crippen molar-refractivity contribution in [3.8, 4) is 5.75 Å². The molecular weight excluding hydrogens is 186 g/mol. The highest BCUT2D eigenvalue weighted by atomic mass is 16.4. The van der Waals surface area contributed by atoms with E-state index in [1.165, 1.54) is 12.1 Å². The molecule has 4 N–H and O–H groups in total. The molecule has 0 fully saturated rings. The highest BCUT2D eigenvalue weighted by Gasteiger charge is 2.13. The molecule has 1 rings (SSSR count). The molecule has 0 spiro atoms. The van der Waals surface area contributed by atoms with Gasteiger partial charge in [0.1, 0.15) is 12.2 Å². The summed E-state index contributed by atoms with van der Waals surface area (Å²) in [5, 5.41) is 17.4. The minimum absolute atomic E-state index is 0.0346. The molecule has 0 atom stereocenters. The van der Waals surface area contributed by atoms with Crippen molar-refractivity contribution in [3.63, 3.8) is 0 Å². The highest BCUT2D eigenvalue weighted by molar-refractivity contribution is 6.08. The zero-order valence-corrected chi connectivity index (χ0v) is 7.23. The first-order valence-electron chi connectivity index (χ1n) is 3.84. The molecule has 5 heteroatoms. The molecule has 0 unspecified atom stereocenters. The van der Waals surface area contributed by atoms with E-state index in [0.29, 0.717) is 0 Å². The Morgan fingerprint density at radius 3 is 2.57 bits per heavy atom. The Morgan fingerprint density at radius 2 is 2.00 bits per heavy atom. The van der Waals surface area contributed by atoms with Crippen LogP contribution in [0, 0.1) is 0 Å². The Hall–Kier alpha value is -2.04. The van der Waals surface area contributed by atoms with Crippen molar-refractivity contribution in [2.75, 3.05) is 5.73 Å². The van der Waals surface area contributed by atoms with Crippen LogP contribution in [-0.4, -0.2) is 22.0 Å². The zero-order valence-electron chi connectivity index (χ0n) is 7.23. The lowest BCUT2D eigenvalue weighted by Gasteiger charge is -2.03. The Kier molecular flexibility index (Phi) is 2.71. The van der Waals surface area contributed by atoms with Crippen molar-refractivity contribution in [1.29, 1.82) is 0 Å². The standard InChI is InChI=1S/C9H9NO4/c10-7-2-1-5(11)3-6(7)8(12)4-9(13)14/h1-3,11H,4,10H2,(H,13,14). The van der Waals surface area contributed by atoms with Crippen molar-refractivity contribution in [1.82, 2.24) is 0 Å². The molecule has 0 radical (unpaired) electrons. The average Bonchev–Trinajstić information content (AvgIpc) is 2.08. The lowest BCUT2D eigenvalue weighted by Crippen LogP contribution is -2.09. The first-order valence-corrected chi connectivity index (χ1v) is 3.84. The van der Waals surface area contributed by atoms with Crippen LogP contribution in [0.15, 0.2) is 18.2 Å². The van der Waals surface area contributed by atoms with Gasteiger partial charge in [-0.2, -0.15) is 0 Å². The summed E-state index contributed by atoms with van der Waals surface area (Å²) < 4.78 is 0. The number of rotatable bonds is 3. The van der Waals surface area contributed by atoms with Crippen molar-refractivity contribution in [3.05, 3.63) is 23.8 Å². The number of phenolic OH excluding ortho intramolecular Hbond substituents is 1. The van der Waals surface area contributed by atoms with Gasteiger partial charge in [0.25, 0.3) is 0 Å². The van der Waals surface area contributed by atoms with Crippen molar-refractivity contribution in [2.24, 2.45) is 0 Å². The minimum atomic E-state index is -1.22. The molecule has 74 valence electrons. The number of ketones is 1. The van der Waals surface area contributed by atoms with Gasteiger partial charge in [-0.1, -0.05) is 0 Å². The van der Waals surface area contributed by atoms with E-state index in [1.54, 1.807) is 0 Å². The van der Waals surface area contributed by atoms with Crippen molar-refractivity contribution < 1.29 is 19.8 Å². The lowest BCUT2D eigenvalue weighted by atomic mass is 10.1. The number of aliphatic carboxylic acids is 1. The molecule has 5 nitrogen and oxygen atoms in total.